The Kier molecular flexibility index (Phi) is 6.57. The van der Waals surface area contributed by atoms with Crippen molar-refractivity contribution in [3.8, 4) is 5.69 Å². The number of halogens is 1. The fraction of sp³-hybridized carbons (Fsp3) is 0.167. The minimum absolute atomic E-state index is 0.0113. The van der Waals surface area contributed by atoms with Gasteiger partial charge >= 0.3 is 5.97 Å². The van der Waals surface area contributed by atoms with Gasteiger partial charge in [0.1, 0.15) is 6.61 Å². The molecule has 4 rings (SSSR count). The molecule has 2 aromatic heterocycles. The molecule has 168 valence electrons. The van der Waals surface area contributed by atoms with Crippen molar-refractivity contribution in [3.05, 3.63) is 87.6 Å². The van der Waals surface area contributed by atoms with Gasteiger partial charge in [-0.1, -0.05) is 17.7 Å². The first-order chi connectivity index (χ1) is 15.8. The van der Waals surface area contributed by atoms with Crippen molar-refractivity contribution in [2.75, 3.05) is 4.90 Å². The molecule has 0 spiro atoms. The van der Waals surface area contributed by atoms with Gasteiger partial charge in [-0.15, -0.1) is 11.3 Å². The number of anilines is 2. The van der Waals surface area contributed by atoms with E-state index < -0.39 is 5.97 Å². The summed E-state index contributed by atoms with van der Waals surface area (Å²) in [6, 6.07) is 12.6. The number of nitrogens with zero attached hydrogens (tertiary/aromatic N) is 4. The van der Waals surface area contributed by atoms with Crippen LogP contribution in [-0.2, 0) is 16.1 Å². The van der Waals surface area contributed by atoms with Crippen LogP contribution in [0.25, 0.3) is 5.69 Å². The summed E-state index contributed by atoms with van der Waals surface area (Å²) in [5.74, 6) is -0.670. The number of carbonyl (C=O) groups excluding carboxylic acids is 2. The lowest BCUT2D eigenvalue weighted by Crippen LogP contribution is -2.24. The Hall–Kier alpha value is -3.49. The summed E-state index contributed by atoms with van der Waals surface area (Å²) in [4.78, 5) is 30.9. The molecule has 0 bridgehead atoms. The van der Waals surface area contributed by atoms with E-state index in [4.69, 9.17) is 16.3 Å². The van der Waals surface area contributed by atoms with E-state index in [9.17, 15) is 9.59 Å². The van der Waals surface area contributed by atoms with Crippen LogP contribution in [0.4, 0.5) is 10.8 Å². The van der Waals surface area contributed by atoms with Crippen LogP contribution in [0.3, 0.4) is 0 Å². The molecule has 1 amide bonds. The third-order valence-electron chi connectivity index (χ3n) is 4.89. The van der Waals surface area contributed by atoms with Gasteiger partial charge in [-0.3, -0.25) is 9.69 Å². The number of amides is 1. The number of thiazole rings is 1. The van der Waals surface area contributed by atoms with Crippen molar-refractivity contribution < 1.29 is 14.3 Å². The van der Waals surface area contributed by atoms with Crippen molar-refractivity contribution in [2.45, 2.75) is 27.4 Å². The molecule has 0 saturated heterocycles. The molecule has 0 aliphatic heterocycles. The second-order valence-corrected chi connectivity index (χ2v) is 8.71. The number of aryl methyl sites for hydroxylation is 2. The van der Waals surface area contributed by atoms with Gasteiger partial charge in [0.15, 0.2) is 5.13 Å². The highest BCUT2D eigenvalue weighted by Crippen LogP contribution is 2.37. The number of hydrogen-bond acceptors (Lipinski definition) is 6. The number of ether oxygens (including phenoxy) is 1. The maximum Gasteiger partial charge on any atom is 0.338 e. The maximum atomic E-state index is 12.5. The normalized spacial score (nSPS) is 10.8. The maximum absolute atomic E-state index is 12.5. The van der Waals surface area contributed by atoms with Crippen molar-refractivity contribution in [2.24, 2.45) is 0 Å². The molecule has 0 aliphatic carbocycles. The minimum Gasteiger partial charge on any atom is -0.456 e. The third-order valence-corrected chi connectivity index (χ3v) is 6.05. The van der Waals surface area contributed by atoms with Gasteiger partial charge in [0.05, 0.1) is 27.7 Å². The van der Waals surface area contributed by atoms with Gasteiger partial charge in [0.2, 0.25) is 5.91 Å². The van der Waals surface area contributed by atoms with Crippen molar-refractivity contribution in [1.82, 2.24) is 14.8 Å². The number of benzene rings is 2. The lowest BCUT2D eigenvalue weighted by molar-refractivity contribution is -0.115. The molecule has 2 aromatic carbocycles. The molecular weight excluding hydrogens is 460 g/mol. The van der Waals surface area contributed by atoms with E-state index >= 15 is 0 Å². The third kappa shape index (κ3) is 4.97. The van der Waals surface area contributed by atoms with Crippen molar-refractivity contribution in [3.63, 3.8) is 0 Å². The zero-order valence-electron chi connectivity index (χ0n) is 18.3. The molecular formula is C24H21ClN4O3S. The van der Waals surface area contributed by atoms with Crippen LogP contribution in [0.1, 0.15) is 34.1 Å². The molecule has 33 heavy (non-hydrogen) atoms. The summed E-state index contributed by atoms with van der Waals surface area (Å²) in [6.45, 7) is 5.30. The molecule has 4 aromatic rings. The summed E-state index contributed by atoms with van der Waals surface area (Å²) < 4.78 is 7.12. The molecule has 0 atom stereocenters. The zero-order valence-corrected chi connectivity index (χ0v) is 19.9. The Balaban J connectivity index is 1.47. The van der Waals surface area contributed by atoms with Gasteiger partial charge in [-0.25, -0.2) is 14.5 Å². The van der Waals surface area contributed by atoms with Crippen molar-refractivity contribution >= 4 is 45.6 Å². The number of rotatable bonds is 6. The number of carbonyl (C=O) groups is 2. The lowest BCUT2D eigenvalue weighted by Gasteiger charge is -2.22. The van der Waals surface area contributed by atoms with E-state index in [1.807, 2.05) is 38.2 Å². The van der Waals surface area contributed by atoms with Crippen LogP contribution in [-0.4, -0.2) is 26.6 Å². The van der Waals surface area contributed by atoms with E-state index in [-0.39, 0.29) is 12.5 Å². The van der Waals surface area contributed by atoms with Gasteiger partial charge in [-0.05, 0) is 61.4 Å². The highest BCUT2D eigenvalue weighted by atomic mass is 35.5. The fourth-order valence-electron chi connectivity index (χ4n) is 3.44. The van der Waals surface area contributed by atoms with Crippen LogP contribution in [0, 0.1) is 13.8 Å². The monoisotopic (exact) mass is 480 g/mol. The van der Waals surface area contributed by atoms with Gasteiger partial charge in [0, 0.05) is 24.7 Å². The molecule has 0 saturated carbocycles. The number of hydrogen-bond donors (Lipinski definition) is 0. The molecule has 0 aliphatic rings. The first-order valence-corrected chi connectivity index (χ1v) is 11.4. The van der Waals surface area contributed by atoms with Crippen LogP contribution < -0.4 is 4.90 Å². The summed E-state index contributed by atoms with van der Waals surface area (Å²) in [5.41, 5.74) is 4.29. The van der Waals surface area contributed by atoms with Gasteiger partial charge in [-0.2, -0.15) is 5.10 Å². The van der Waals surface area contributed by atoms with Gasteiger partial charge < -0.3 is 4.74 Å². The topological polar surface area (TPSA) is 77.3 Å². The van der Waals surface area contributed by atoms with E-state index in [0.717, 1.165) is 16.8 Å². The lowest BCUT2D eigenvalue weighted by atomic mass is 10.1. The molecule has 7 nitrogen and oxygen atoms in total. The first-order valence-electron chi connectivity index (χ1n) is 10.1. The molecule has 0 fully saturated rings. The van der Waals surface area contributed by atoms with Crippen LogP contribution >= 0.6 is 22.9 Å². The van der Waals surface area contributed by atoms with Crippen LogP contribution in [0.5, 0.6) is 0 Å². The average Bonchev–Trinajstić information content (AvgIpc) is 3.46. The highest BCUT2D eigenvalue weighted by Gasteiger charge is 2.23. The second-order valence-electron chi connectivity index (χ2n) is 7.46. The summed E-state index contributed by atoms with van der Waals surface area (Å²) >= 11 is 7.74. The second kappa shape index (κ2) is 9.56. The Morgan fingerprint density at radius 3 is 2.58 bits per heavy atom. The highest BCUT2D eigenvalue weighted by molar-refractivity contribution is 7.14. The van der Waals surface area contributed by atoms with Gasteiger partial charge in [0.25, 0.3) is 0 Å². The fourth-order valence-corrected chi connectivity index (χ4v) is 4.70. The van der Waals surface area contributed by atoms with E-state index in [1.165, 1.54) is 23.2 Å². The smallest absolute Gasteiger partial charge is 0.338 e. The van der Waals surface area contributed by atoms with E-state index in [0.29, 0.717) is 27.1 Å². The quantitative estimate of drug-likeness (QED) is 0.334. The Morgan fingerprint density at radius 2 is 1.94 bits per heavy atom. The molecule has 0 radical (unpaired) electrons. The minimum atomic E-state index is -0.461. The SMILES string of the molecule is CC(=O)N(c1nc(COC(=O)c2ccc(-n3cccn3)cc2)cs1)c1c(C)cc(C)cc1Cl. The number of aromatic nitrogens is 3. The predicted molar refractivity (Wildman–Crippen MR) is 129 cm³/mol. The zero-order chi connectivity index (χ0) is 23.5. The molecule has 0 N–H and O–H groups in total. The Bertz CT molecular complexity index is 1280. The Morgan fingerprint density at radius 1 is 1.18 bits per heavy atom. The summed E-state index contributed by atoms with van der Waals surface area (Å²) in [5, 5.41) is 6.86. The largest absolute Gasteiger partial charge is 0.456 e. The van der Waals surface area contributed by atoms with E-state index in [2.05, 4.69) is 10.1 Å². The summed E-state index contributed by atoms with van der Waals surface area (Å²) in [7, 11) is 0. The van der Waals surface area contributed by atoms with Crippen LogP contribution in [0.15, 0.2) is 60.2 Å². The van der Waals surface area contributed by atoms with E-state index in [1.54, 1.807) is 40.5 Å². The van der Waals surface area contributed by atoms with Crippen LogP contribution in [0.2, 0.25) is 5.02 Å². The average molecular weight is 481 g/mol. The molecule has 0 unspecified atom stereocenters. The Labute approximate surface area is 200 Å². The molecule has 2 heterocycles. The first kappa shape index (κ1) is 22.7. The van der Waals surface area contributed by atoms with Crippen molar-refractivity contribution in [1.29, 1.82) is 0 Å². The summed E-state index contributed by atoms with van der Waals surface area (Å²) in [6.07, 6.45) is 3.51. The standard InChI is InChI=1S/C24H21ClN4O3S/c1-15-11-16(2)22(21(25)12-15)29(17(3)30)24-27-19(14-33-24)13-32-23(31)18-5-7-20(8-6-18)28-10-4-9-26-28/h4-12,14H,13H2,1-3H3. The predicted octanol–water partition coefficient (Wildman–Crippen LogP) is 5.64. The molecule has 9 heteroatoms. The number of esters is 1.